The Labute approximate surface area is 138 Å². The van der Waals surface area contributed by atoms with Crippen LogP contribution in [0.15, 0.2) is 78.2 Å². The predicted molar refractivity (Wildman–Crippen MR) is 90.9 cm³/mol. The van der Waals surface area contributed by atoms with Gasteiger partial charge in [0.15, 0.2) is 0 Å². The summed E-state index contributed by atoms with van der Waals surface area (Å²) in [5, 5.41) is 8.95. The smallest absolute Gasteiger partial charge is 0.335 e. The maximum absolute atomic E-state index is 10.9. The summed E-state index contributed by atoms with van der Waals surface area (Å²) in [4.78, 5) is 16.1. The molecule has 116 valence electrons. The number of hydrogen-bond donors (Lipinski definition) is 1. The van der Waals surface area contributed by atoms with Crippen molar-refractivity contribution >= 4 is 17.7 Å². The summed E-state index contributed by atoms with van der Waals surface area (Å²) in [5.41, 5.74) is 1.53. The Morgan fingerprint density at radius 2 is 1.87 bits per heavy atom. The first-order chi connectivity index (χ1) is 11.2. The van der Waals surface area contributed by atoms with Gasteiger partial charge in [0.2, 0.25) is 0 Å². The normalized spacial score (nSPS) is 12.0. The second kappa shape index (κ2) is 7.15. The van der Waals surface area contributed by atoms with Gasteiger partial charge >= 0.3 is 5.97 Å². The van der Waals surface area contributed by atoms with Crippen LogP contribution in [0.4, 0.5) is 0 Å². The molecule has 0 aliphatic carbocycles. The molecule has 0 bridgehead atoms. The number of imidazole rings is 1. The summed E-state index contributed by atoms with van der Waals surface area (Å²) in [6.45, 7) is 0. The summed E-state index contributed by atoms with van der Waals surface area (Å²) >= 11 is 1.70. The van der Waals surface area contributed by atoms with Crippen LogP contribution < -0.4 is 0 Å². The summed E-state index contributed by atoms with van der Waals surface area (Å²) < 4.78 is 2.09. The van der Waals surface area contributed by atoms with E-state index in [2.05, 4.69) is 21.7 Å². The van der Waals surface area contributed by atoms with E-state index >= 15 is 0 Å². The lowest BCUT2D eigenvalue weighted by Crippen LogP contribution is -2.11. The van der Waals surface area contributed by atoms with Gasteiger partial charge in [0.1, 0.15) is 0 Å². The molecule has 0 spiro atoms. The molecule has 1 heterocycles. The van der Waals surface area contributed by atoms with Crippen molar-refractivity contribution in [2.75, 3.05) is 5.75 Å². The Balaban J connectivity index is 1.76. The van der Waals surface area contributed by atoms with E-state index in [1.54, 1.807) is 30.1 Å². The van der Waals surface area contributed by atoms with Crippen LogP contribution >= 0.6 is 11.8 Å². The second-order valence-corrected chi connectivity index (χ2v) is 6.17. The van der Waals surface area contributed by atoms with Crippen LogP contribution in [-0.2, 0) is 0 Å². The third-order valence-corrected chi connectivity index (χ3v) is 4.67. The lowest BCUT2D eigenvalue weighted by atomic mass is 10.1. The quantitative estimate of drug-likeness (QED) is 0.697. The van der Waals surface area contributed by atoms with Gasteiger partial charge in [-0.1, -0.05) is 30.3 Å². The van der Waals surface area contributed by atoms with Crippen molar-refractivity contribution in [2.45, 2.75) is 10.9 Å². The third-order valence-electron chi connectivity index (χ3n) is 3.58. The van der Waals surface area contributed by atoms with Gasteiger partial charge in [-0.15, -0.1) is 11.8 Å². The average molecular weight is 324 g/mol. The Kier molecular flexibility index (Phi) is 4.78. The Morgan fingerprint density at radius 3 is 2.48 bits per heavy atom. The molecule has 0 amide bonds. The van der Waals surface area contributed by atoms with E-state index in [0.717, 1.165) is 10.6 Å². The van der Waals surface area contributed by atoms with Gasteiger partial charge in [0.25, 0.3) is 0 Å². The highest BCUT2D eigenvalue weighted by atomic mass is 32.2. The standard InChI is InChI=1S/C18H16N2O2S/c21-18(22)15-6-8-16(9-7-15)23-12-17(20-11-10-19-13-20)14-4-2-1-3-5-14/h1-11,13,17H,12H2,(H,21,22). The Hall–Kier alpha value is -2.53. The van der Waals surface area contributed by atoms with Crippen LogP contribution in [-0.4, -0.2) is 26.4 Å². The van der Waals surface area contributed by atoms with Crippen molar-refractivity contribution in [3.63, 3.8) is 0 Å². The maximum Gasteiger partial charge on any atom is 0.335 e. The zero-order valence-corrected chi connectivity index (χ0v) is 13.2. The number of carboxylic acids is 1. The number of rotatable bonds is 6. The van der Waals surface area contributed by atoms with E-state index in [-0.39, 0.29) is 6.04 Å². The van der Waals surface area contributed by atoms with E-state index in [1.165, 1.54) is 5.56 Å². The number of thioether (sulfide) groups is 1. The van der Waals surface area contributed by atoms with Gasteiger partial charge in [0.05, 0.1) is 17.9 Å². The zero-order valence-electron chi connectivity index (χ0n) is 12.4. The topological polar surface area (TPSA) is 55.1 Å². The lowest BCUT2D eigenvalue weighted by molar-refractivity contribution is 0.0697. The van der Waals surface area contributed by atoms with E-state index in [0.29, 0.717) is 5.56 Å². The van der Waals surface area contributed by atoms with Crippen molar-refractivity contribution in [3.8, 4) is 0 Å². The Bertz CT molecular complexity index is 755. The van der Waals surface area contributed by atoms with Crippen LogP contribution in [0.3, 0.4) is 0 Å². The van der Waals surface area contributed by atoms with Gasteiger partial charge in [0, 0.05) is 23.0 Å². The van der Waals surface area contributed by atoms with Crippen molar-refractivity contribution in [3.05, 3.63) is 84.4 Å². The van der Waals surface area contributed by atoms with Crippen molar-refractivity contribution < 1.29 is 9.90 Å². The molecule has 5 heteroatoms. The molecule has 0 radical (unpaired) electrons. The molecular formula is C18H16N2O2S. The number of carbonyl (C=O) groups is 1. The number of benzene rings is 2. The first-order valence-corrected chi connectivity index (χ1v) is 8.21. The molecular weight excluding hydrogens is 308 g/mol. The molecule has 1 unspecified atom stereocenters. The van der Waals surface area contributed by atoms with Crippen LogP contribution in [0.5, 0.6) is 0 Å². The van der Waals surface area contributed by atoms with E-state index in [4.69, 9.17) is 5.11 Å². The second-order valence-electron chi connectivity index (χ2n) is 5.08. The third kappa shape index (κ3) is 3.81. The molecule has 0 saturated carbocycles. The van der Waals surface area contributed by atoms with Crippen molar-refractivity contribution in [2.24, 2.45) is 0 Å². The van der Waals surface area contributed by atoms with Crippen molar-refractivity contribution in [1.82, 2.24) is 9.55 Å². The largest absolute Gasteiger partial charge is 0.478 e. The van der Waals surface area contributed by atoms with E-state index in [9.17, 15) is 4.79 Å². The zero-order chi connectivity index (χ0) is 16.1. The molecule has 23 heavy (non-hydrogen) atoms. The molecule has 0 aliphatic heterocycles. The lowest BCUT2D eigenvalue weighted by Gasteiger charge is -2.18. The van der Waals surface area contributed by atoms with E-state index in [1.807, 2.05) is 42.9 Å². The minimum atomic E-state index is -0.901. The van der Waals surface area contributed by atoms with Crippen LogP contribution in [0.25, 0.3) is 0 Å². The average Bonchev–Trinajstić information content (AvgIpc) is 3.11. The van der Waals surface area contributed by atoms with Gasteiger partial charge in [-0.25, -0.2) is 9.78 Å². The van der Waals surface area contributed by atoms with Gasteiger partial charge < -0.3 is 9.67 Å². The van der Waals surface area contributed by atoms with Crippen LogP contribution in [0, 0.1) is 0 Å². The molecule has 3 aromatic rings. The van der Waals surface area contributed by atoms with Gasteiger partial charge in [-0.2, -0.15) is 0 Å². The number of aromatic carboxylic acids is 1. The SMILES string of the molecule is O=C(O)c1ccc(SCC(c2ccccc2)n2ccnc2)cc1. The highest BCUT2D eigenvalue weighted by Crippen LogP contribution is 2.27. The van der Waals surface area contributed by atoms with E-state index < -0.39 is 5.97 Å². The highest BCUT2D eigenvalue weighted by Gasteiger charge is 2.13. The van der Waals surface area contributed by atoms with Crippen LogP contribution in [0.1, 0.15) is 22.0 Å². The molecule has 2 aromatic carbocycles. The molecule has 1 atom stereocenters. The fraction of sp³-hybridized carbons (Fsp3) is 0.111. The Morgan fingerprint density at radius 1 is 1.13 bits per heavy atom. The molecule has 3 rings (SSSR count). The number of nitrogens with zero attached hydrogens (tertiary/aromatic N) is 2. The minimum Gasteiger partial charge on any atom is -0.478 e. The minimum absolute atomic E-state index is 0.183. The van der Waals surface area contributed by atoms with Gasteiger partial charge in [-0.3, -0.25) is 0 Å². The van der Waals surface area contributed by atoms with Crippen molar-refractivity contribution in [1.29, 1.82) is 0 Å². The monoisotopic (exact) mass is 324 g/mol. The van der Waals surface area contributed by atoms with Gasteiger partial charge in [-0.05, 0) is 29.8 Å². The number of aromatic nitrogens is 2. The summed E-state index contributed by atoms with van der Waals surface area (Å²) in [7, 11) is 0. The predicted octanol–water partition coefficient (Wildman–Crippen LogP) is 3.96. The summed E-state index contributed by atoms with van der Waals surface area (Å²) in [6, 6.07) is 17.5. The highest BCUT2D eigenvalue weighted by molar-refractivity contribution is 7.99. The summed E-state index contributed by atoms with van der Waals surface area (Å²) in [6.07, 6.45) is 5.57. The number of hydrogen-bond acceptors (Lipinski definition) is 3. The number of carboxylic acid groups (broad SMARTS) is 1. The molecule has 0 fully saturated rings. The molecule has 4 nitrogen and oxygen atoms in total. The first kappa shape index (κ1) is 15.4. The molecule has 1 N–H and O–H groups in total. The summed E-state index contributed by atoms with van der Waals surface area (Å²) in [5.74, 6) is -0.0607. The fourth-order valence-electron chi connectivity index (χ4n) is 2.35. The van der Waals surface area contributed by atoms with Crippen LogP contribution in [0.2, 0.25) is 0 Å². The fourth-order valence-corrected chi connectivity index (χ4v) is 3.40. The maximum atomic E-state index is 10.9. The molecule has 1 aromatic heterocycles. The molecule has 0 aliphatic rings. The molecule has 0 saturated heterocycles. The first-order valence-electron chi connectivity index (χ1n) is 7.22.